The van der Waals surface area contributed by atoms with Crippen LogP contribution in [0.1, 0.15) is 18.1 Å². The molecule has 0 radical (unpaired) electrons. The van der Waals surface area contributed by atoms with Crippen molar-refractivity contribution in [2.45, 2.75) is 19.5 Å². The molecule has 0 aliphatic rings. The lowest BCUT2D eigenvalue weighted by molar-refractivity contribution is 0.255. The molecule has 0 heterocycles. The molecule has 1 unspecified atom stereocenters. The summed E-state index contributed by atoms with van der Waals surface area (Å²) in [6.45, 7) is 3.63. The van der Waals surface area contributed by atoms with Gasteiger partial charge in [-0.2, -0.15) is 5.26 Å². The molecule has 0 aliphatic heterocycles. The van der Waals surface area contributed by atoms with Crippen molar-refractivity contribution in [3.05, 3.63) is 35.4 Å². The van der Waals surface area contributed by atoms with Gasteiger partial charge in [0.2, 0.25) is 0 Å². The fraction of sp³-hybridized carbons (Fsp3) is 0.417. The smallest absolute Gasteiger partial charge is 0.0991 e. The minimum Gasteiger partial charge on any atom is -0.329 e. The molecule has 2 N–H and O–H groups in total. The zero-order chi connectivity index (χ0) is 11.3. The number of nitriles is 1. The molecule has 0 saturated carbocycles. The third-order valence-electron chi connectivity index (χ3n) is 2.61. The van der Waals surface area contributed by atoms with Crippen molar-refractivity contribution in [1.82, 2.24) is 4.90 Å². The van der Waals surface area contributed by atoms with E-state index < -0.39 is 0 Å². The molecule has 1 aromatic carbocycles. The van der Waals surface area contributed by atoms with Crippen molar-refractivity contribution in [2.24, 2.45) is 5.73 Å². The van der Waals surface area contributed by atoms with E-state index in [0.717, 1.165) is 6.54 Å². The summed E-state index contributed by atoms with van der Waals surface area (Å²) in [7, 11) is 2.05. The second-order valence-electron chi connectivity index (χ2n) is 3.81. The summed E-state index contributed by atoms with van der Waals surface area (Å²) in [4.78, 5) is 2.20. The summed E-state index contributed by atoms with van der Waals surface area (Å²) in [6, 6.07) is 10.1. The predicted molar refractivity (Wildman–Crippen MR) is 68.4 cm³/mol. The van der Waals surface area contributed by atoms with Crippen molar-refractivity contribution < 1.29 is 0 Å². The van der Waals surface area contributed by atoms with Gasteiger partial charge in [-0.3, -0.25) is 4.90 Å². The third kappa shape index (κ3) is 4.19. The van der Waals surface area contributed by atoms with Crippen LogP contribution < -0.4 is 5.73 Å². The number of halogens is 1. The summed E-state index contributed by atoms with van der Waals surface area (Å²) < 4.78 is 0. The second-order valence-corrected chi connectivity index (χ2v) is 3.81. The fourth-order valence-corrected chi connectivity index (χ4v) is 1.31. The number of likely N-dealkylation sites (N-methyl/N-ethyl adjacent to an activating group) is 1. The number of hydrogen-bond acceptors (Lipinski definition) is 3. The van der Waals surface area contributed by atoms with Crippen molar-refractivity contribution in [1.29, 1.82) is 5.26 Å². The molecule has 0 aromatic heterocycles. The van der Waals surface area contributed by atoms with E-state index in [0.29, 0.717) is 18.2 Å². The number of nitrogens with two attached hydrogens (primary N) is 1. The Kier molecular flexibility index (Phi) is 6.75. The van der Waals surface area contributed by atoms with Crippen molar-refractivity contribution in [3.8, 4) is 6.07 Å². The van der Waals surface area contributed by atoms with Crippen molar-refractivity contribution >= 4 is 12.4 Å². The summed E-state index contributed by atoms with van der Waals surface area (Å²) in [5.41, 5.74) is 7.49. The number of rotatable bonds is 4. The number of nitrogens with zero attached hydrogens (tertiary/aromatic N) is 2. The lowest BCUT2D eigenvalue weighted by Crippen LogP contribution is -2.34. The highest BCUT2D eigenvalue weighted by Crippen LogP contribution is 2.07. The normalized spacial score (nSPS) is 11.7. The first-order valence-electron chi connectivity index (χ1n) is 5.06. The van der Waals surface area contributed by atoms with Crippen LogP contribution in [0, 0.1) is 11.3 Å². The largest absolute Gasteiger partial charge is 0.329 e. The standard InChI is InChI=1S/C12H17N3.ClH/c1-10(7-13)15(2)9-12-5-3-11(8-14)4-6-12;/h3-6,10H,7,9,13H2,1-2H3;1H. The van der Waals surface area contributed by atoms with Gasteiger partial charge in [-0.1, -0.05) is 12.1 Å². The summed E-state index contributed by atoms with van der Waals surface area (Å²) in [6.07, 6.45) is 0. The van der Waals surface area contributed by atoms with Gasteiger partial charge in [0.15, 0.2) is 0 Å². The van der Waals surface area contributed by atoms with Gasteiger partial charge in [0.1, 0.15) is 0 Å². The molecule has 1 aromatic rings. The molecule has 1 rings (SSSR count). The quantitative estimate of drug-likeness (QED) is 0.871. The summed E-state index contributed by atoms with van der Waals surface area (Å²) in [5, 5.41) is 8.66. The van der Waals surface area contributed by atoms with E-state index in [-0.39, 0.29) is 12.4 Å². The monoisotopic (exact) mass is 239 g/mol. The first-order valence-corrected chi connectivity index (χ1v) is 5.06. The first kappa shape index (κ1) is 14.9. The van der Waals surface area contributed by atoms with E-state index in [2.05, 4.69) is 24.9 Å². The maximum Gasteiger partial charge on any atom is 0.0991 e. The molecule has 4 heteroatoms. The Morgan fingerprint density at radius 2 is 1.94 bits per heavy atom. The van der Waals surface area contributed by atoms with Crippen LogP contribution in [0.25, 0.3) is 0 Å². The highest BCUT2D eigenvalue weighted by molar-refractivity contribution is 5.85. The van der Waals surface area contributed by atoms with Crippen LogP contribution in [0.4, 0.5) is 0 Å². The average molecular weight is 240 g/mol. The Hall–Kier alpha value is -1.08. The van der Waals surface area contributed by atoms with Gasteiger partial charge in [0, 0.05) is 19.1 Å². The fourth-order valence-electron chi connectivity index (χ4n) is 1.31. The lowest BCUT2D eigenvalue weighted by atomic mass is 10.1. The van der Waals surface area contributed by atoms with Crippen LogP contribution in [-0.2, 0) is 6.54 Å². The molecule has 0 spiro atoms. The molecule has 0 aliphatic carbocycles. The zero-order valence-electron chi connectivity index (χ0n) is 9.68. The van der Waals surface area contributed by atoms with E-state index in [1.54, 1.807) is 0 Å². The lowest BCUT2D eigenvalue weighted by Gasteiger charge is -2.23. The van der Waals surface area contributed by atoms with Gasteiger partial charge >= 0.3 is 0 Å². The van der Waals surface area contributed by atoms with Crippen LogP contribution in [0.5, 0.6) is 0 Å². The SMILES string of the molecule is CC(CN)N(C)Cc1ccc(C#N)cc1.Cl. The van der Waals surface area contributed by atoms with Gasteiger partial charge in [-0.05, 0) is 31.7 Å². The van der Waals surface area contributed by atoms with Crippen LogP contribution >= 0.6 is 12.4 Å². The maximum atomic E-state index is 8.66. The van der Waals surface area contributed by atoms with Gasteiger partial charge in [-0.15, -0.1) is 12.4 Å². The van der Waals surface area contributed by atoms with Crippen LogP contribution in [0.2, 0.25) is 0 Å². The van der Waals surface area contributed by atoms with Gasteiger partial charge in [-0.25, -0.2) is 0 Å². The highest BCUT2D eigenvalue weighted by atomic mass is 35.5. The molecule has 16 heavy (non-hydrogen) atoms. The van der Waals surface area contributed by atoms with Crippen LogP contribution in [0.3, 0.4) is 0 Å². The third-order valence-corrected chi connectivity index (χ3v) is 2.61. The average Bonchev–Trinajstić information content (AvgIpc) is 2.29. The van der Waals surface area contributed by atoms with E-state index >= 15 is 0 Å². The van der Waals surface area contributed by atoms with E-state index in [1.807, 2.05) is 24.3 Å². The van der Waals surface area contributed by atoms with Gasteiger partial charge in [0.05, 0.1) is 11.6 Å². The van der Waals surface area contributed by atoms with E-state index in [1.165, 1.54) is 5.56 Å². The molecule has 0 saturated heterocycles. The molecule has 1 atom stereocenters. The Balaban J connectivity index is 0.00000225. The summed E-state index contributed by atoms with van der Waals surface area (Å²) >= 11 is 0. The second kappa shape index (κ2) is 7.24. The summed E-state index contributed by atoms with van der Waals surface area (Å²) in [5.74, 6) is 0. The minimum absolute atomic E-state index is 0. The minimum atomic E-state index is 0. The predicted octanol–water partition coefficient (Wildman–Crippen LogP) is 1.76. The van der Waals surface area contributed by atoms with Gasteiger partial charge < -0.3 is 5.73 Å². The van der Waals surface area contributed by atoms with Crippen molar-refractivity contribution in [3.63, 3.8) is 0 Å². The Labute approximate surface area is 103 Å². The zero-order valence-corrected chi connectivity index (χ0v) is 10.5. The van der Waals surface area contributed by atoms with E-state index in [9.17, 15) is 0 Å². The van der Waals surface area contributed by atoms with Crippen molar-refractivity contribution in [2.75, 3.05) is 13.6 Å². The molecular formula is C12H18ClN3. The topological polar surface area (TPSA) is 53.0 Å². The molecule has 88 valence electrons. The van der Waals surface area contributed by atoms with Crippen LogP contribution in [0.15, 0.2) is 24.3 Å². The van der Waals surface area contributed by atoms with E-state index in [4.69, 9.17) is 11.0 Å². The Bertz CT molecular complexity index is 342. The number of hydrogen-bond donors (Lipinski definition) is 1. The molecule has 0 bridgehead atoms. The molecule has 0 fully saturated rings. The molecule has 3 nitrogen and oxygen atoms in total. The van der Waals surface area contributed by atoms with Crippen LogP contribution in [-0.4, -0.2) is 24.5 Å². The Morgan fingerprint density at radius 3 is 2.38 bits per heavy atom. The Morgan fingerprint density at radius 1 is 1.38 bits per heavy atom. The highest BCUT2D eigenvalue weighted by Gasteiger charge is 2.06. The molecular weight excluding hydrogens is 222 g/mol. The molecule has 0 amide bonds. The number of benzene rings is 1. The first-order chi connectivity index (χ1) is 7.17. The van der Waals surface area contributed by atoms with Gasteiger partial charge in [0.25, 0.3) is 0 Å². The maximum absolute atomic E-state index is 8.66.